The minimum absolute atomic E-state index is 0.321. The summed E-state index contributed by atoms with van der Waals surface area (Å²) in [5.74, 6) is 0.0545. The summed E-state index contributed by atoms with van der Waals surface area (Å²) in [6.45, 7) is 1.35. The predicted octanol–water partition coefficient (Wildman–Crippen LogP) is 2.46. The maximum absolute atomic E-state index is 12.1. The second kappa shape index (κ2) is 5.90. The number of alkyl halides is 3. The smallest absolute Gasteiger partial charge is 0.373 e. The molecule has 0 bridgehead atoms. The van der Waals surface area contributed by atoms with Gasteiger partial charge < -0.3 is 10.2 Å². The molecule has 1 N–H and O–H groups in total. The first-order valence-corrected chi connectivity index (χ1v) is 5.71. The average Bonchev–Trinajstić information content (AvgIpc) is 2.33. The number of carbonyl (C=O) groups is 1. The van der Waals surface area contributed by atoms with E-state index in [0.29, 0.717) is 17.1 Å². The van der Waals surface area contributed by atoms with Crippen LogP contribution in [0.25, 0.3) is 0 Å². The molecule has 0 fully saturated rings. The molecule has 0 radical (unpaired) electrons. The number of rotatable bonds is 4. The molecule has 106 valence electrons. The third kappa shape index (κ3) is 4.76. The number of anilines is 1. The Labute approximate surface area is 109 Å². The van der Waals surface area contributed by atoms with Crippen LogP contribution in [0.2, 0.25) is 0 Å². The first-order chi connectivity index (χ1) is 8.73. The molecule has 0 saturated heterocycles. The number of carbonyl (C=O) groups excluding carboxylic acids is 1. The lowest BCUT2D eigenvalue weighted by Crippen LogP contribution is -2.30. The quantitative estimate of drug-likeness (QED) is 0.918. The normalized spacial score (nSPS) is 11.3. The largest absolute Gasteiger partial charge is 0.390 e. The van der Waals surface area contributed by atoms with Crippen LogP contribution in [0.4, 0.5) is 19.0 Å². The highest BCUT2D eigenvalue weighted by Crippen LogP contribution is 2.20. The summed E-state index contributed by atoms with van der Waals surface area (Å²) in [5, 5.41) is 2.80. The molecule has 4 nitrogen and oxygen atoms in total. The maximum atomic E-state index is 12.1. The van der Waals surface area contributed by atoms with Gasteiger partial charge in [-0.05, 0) is 19.1 Å². The van der Waals surface area contributed by atoms with Gasteiger partial charge in [0.25, 0.3) is 5.91 Å². The van der Waals surface area contributed by atoms with E-state index in [1.54, 1.807) is 20.0 Å². The molecule has 1 aromatic heterocycles. The van der Waals surface area contributed by atoms with Gasteiger partial charge in [-0.1, -0.05) is 0 Å². The highest BCUT2D eigenvalue weighted by Gasteiger charge is 2.28. The summed E-state index contributed by atoms with van der Waals surface area (Å²) in [6, 6.07) is 3.06. The van der Waals surface area contributed by atoms with Gasteiger partial charge in [0.2, 0.25) is 0 Å². The van der Waals surface area contributed by atoms with Crippen LogP contribution in [0.1, 0.15) is 22.5 Å². The standard InChI is InChI=1S/C12H16F3N3O/c1-8-6-9(7-10(16-2)17-8)11(19)18(3)5-4-12(13,14)15/h6-7H,4-5H2,1-3H3,(H,16,17). The van der Waals surface area contributed by atoms with Crippen molar-refractivity contribution in [1.29, 1.82) is 0 Å². The van der Waals surface area contributed by atoms with Crippen molar-refractivity contribution in [3.05, 3.63) is 23.4 Å². The van der Waals surface area contributed by atoms with Crippen molar-refractivity contribution in [3.8, 4) is 0 Å². The van der Waals surface area contributed by atoms with Crippen molar-refractivity contribution < 1.29 is 18.0 Å². The van der Waals surface area contributed by atoms with Gasteiger partial charge in [0.15, 0.2) is 0 Å². The first-order valence-electron chi connectivity index (χ1n) is 5.71. The Bertz CT molecular complexity index is 460. The van der Waals surface area contributed by atoms with Gasteiger partial charge in [0.1, 0.15) is 5.82 Å². The number of aryl methyl sites for hydroxylation is 1. The zero-order valence-corrected chi connectivity index (χ0v) is 11.0. The summed E-state index contributed by atoms with van der Waals surface area (Å²) >= 11 is 0. The number of hydrogen-bond acceptors (Lipinski definition) is 3. The Kier molecular flexibility index (Phi) is 4.74. The monoisotopic (exact) mass is 275 g/mol. The number of nitrogens with zero attached hydrogens (tertiary/aromatic N) is 2. The van der Waals surface area contributed by atoms with E-state index in [-0.39, 0.29) is 6.54 Å². The van der Waals surface area contributed by atoms with Crippen LogP contribution in [-0.4, -0.2) is 42.6 Å². The van der Waals surface area contributed by atoms with Gasteiger partial charge in [0, 0.05) is 31.9 Å². The topological polar surface area (TPSA) is 45.2 Å². The van der Waals surface area contributed by atoms with Gasteiger partial charge in [-0.2, -0.15) is 13.2 Å². The average molecular weight is 275 g/mol. The number of halogens is 3. The number of nitrogens with one attached hydrogen (secondary N) is 1. The van der Waals surface area contributed by atoms with Gasteiger partial charge in [-0.25, -0.2) is 4.98 Å². The van der Waals surface area contributed by atoms with E-state index in [1.807, 2.05) is 0 Å². The molecule has 0 atom stereocenters. The molecule has 0 spiro atoms. The molecule has 0 aliphatic heterocycles. The molecule has 7 heteroatoms. The zero-order chi connectivity index (χ0) is 14.6. The minimum Gasteiger partial charge on any atom is -0.373 e. The van der Waals surface area contributed by atoms with Crippen LogP contribution in [0.3, 0.4) is 0 Å². The summed E-state index contributed by atoms with van der Waals surface area (Å²) in [7, 11) is 3.01. The minimum atomic E-state index is -4.27. The molecule has 1 heterocycles. The van der Waals surface area contributed by atoms with Gasteiger partial charge in [-0.3, -0.25) is 4.79 Å². The molecule has 0 aromatic carbocycles. The summed E-state index contributed by atoms with van der Waals surface area (Å²) < 4.78 is 36.3. The van der Waals surface area contributed by atoms with Crippen LogP contribution < -0.4 is 5.32 Å². The molecule has 1 aromatic rings. The number of amides is 1. The molecule has 1 rings (SSSR count). The maximum Gasteiger partial charge on any atom is 0.390 e. The van der Waals surface area contributed by atoms with E-state index in [2.05, 4.69) is 10.3 Å². The summed E-state index contributed by atoms with van der Waals surface area (Å²) in [5.41, 5.74) is 0.945. The Morgan fingerprint density at radius 2 is 2.05 bits per heavy atom. The highest BCUT2D eigenvalue weighted by molar-refractivity contribution is 5.94. The van der Waals surface area contributed by atoms with Crippen LogP contribution in [-0.2, 0) is 0 Å². The molecule has 19 heavy (non-hydrogen) atoms. The molecular weight excluding hydrogens is 259 g/mol. The fourth-order valence-electron chi connectivity index (χ4n) is 1.54. The van der Waals surface area contributed by atoms with Gasteiger partial charge in [0.05, 0.1) is 6.42 Å². The predicted molar refractivity (Wildman–Crippen MR) is 66.2 cm³/mol. The molecule has 1 amide bonds. The third-order valence-electron chi connectivity index (χ3n) is 2.53. The SMILES string of the molecule is CNc1cc(C(=O)N(C)CCC(F)(F)F)cc(C)n1. The Hall–Kier alpha value is -1.79. The molecule has 0 aliphatic rings. The van der Waals surface area contributed by atoms with Crippen molar-refractivity contribution in [3.63, 3.8) is 0 Å². The molecule has 0 aliphatic carbocycles. The second-order valence-corrected chi connectivity index (χ2v) is 4.22. The zero-order valence-electron chi connectivity index (χ0n) is 11.0. The summed E-state index contributed by atoms with van der Waals surface area (Å²) in [4.78, 5) is 17.2. The van der Waals surface area contributed by atoms with Crippen LogP contribution in [0.5, 0.6) is 0 Å². The van der Waals surface area contributed by atoms with E-state index in [0.717, 1.165) is 4.90 Å². The lowest BCUT2D eigenvalue weighted by Gasteiger charge is -2.18. The number of aromatic nitrogens is 1. The number of hydrogen-bond donors (Lipinski definition) is 1. The van der Waals surface area contributed by atoms with Crippen molar-refractivity contribution >= 4 is 11.7 Å². The second-order valence-electron chi connectivity index (χ2n) is 4.22. The van der Waals surface area contributed by atoms with E-state index in [9.17, 15) is 18.0 Å². The first kappa shape index (κ1) is 15.3. The van der Waals surface area contributed by atoms with Crippen LogP contribution >= 0.6 is 0 Å². The Balaban J connectivity index is 2.79. The molecular formula is C12H16F3N3O. The fourth-order valence-corrected chi connectivity index (χ4v) is 1.54. The summed E-state index contributed by atoms with van der Waals surface area (Å²) in [6.07, 6.45) is -5.28. The van der Waals surface area contributed by atoms with Gasteiger partial charge in [-0.15, -0.1) is 0 Å². The molecule has 0 saturated carbocycles. The molecule has 0 unspecified atom stereocenters. The Morgan fingerprint density at radius 1 is 1.42 bits per heavy atom. The third-order valence-corrected chi connectivity index (χ3v) is 2.53. The van der Waals surface area contributed by atoms with Crippen molar-refractivity contribution in [2.75, 3.05) is 26.0 Å². The lowest BCUT2D eigenvalue weighted by atomic mass is 10.2. The van der Waals surface area contributed by atoms with Gasteiger partial charge >= 0.3 is 6.18 Å². The Morgan fingerprint density at radius 3 is 2.58 bits per heavy atom. The fraction of sp³-hybridized carbons (Fsp3) is 0.500. The lowest BCUT2D eigenvalue weighted by molar-refractivity contribution is -0.136. The van der Waals surface area contributed by atoms with E-state index >= 15 is 0 Å². The van der Waals surface area contributed by atoms with E-state index < -0.39 is 18.5 Å². The van der Waals surface area contributed by atoms with Crippen molar-refractivity contribution in [1.82, 2.24) is 9.88 Å². The van der Waals surface area contributed by atoms with Crippen molar-refractivity contribution in [2.24, 2.45) is 0 Å². The number of pyridine rings is 1. The highest BCUT2D eigenvalue weighted by atomic mass is 19.4. The van der Waals surface area contributed by atoms with E-state index in [4.69, 9.17) is 0 Å². The van der Waals surface area contributed by atoms with E-state index in [1.165, 1.54) is 13.1 Å². The van der Waals surface area contributed by atoms with Crippen LogP contribution in [0, 0.1) is 6.92 Å². The van der Waals surface area contributed by atoms with Crippen LogP contribution in [0.15, 0.2) is 12.1 Å². The van der Waals surface area contributed by atoms with Crippen molar-refractivity contribution in [2.45, 2.75) is 19.5 Å².